The minimum Gasteiger partial charge on any atom is -0.454 e. The Bertz CT molecular complexity index is 644. The van der Waals surface area contributed by atoms with Gasteiger partial charge in [0, 0.05) is 18.1 Å². The number of ether oxygens (including phenoxy) is 2. The van der Waals surface area contributed by atoms with Crippen molar-refractivity contribution in [3.8, 4) is 11.5 Å². The summed E-state index contributed by atoms with van der Waals surface area (Å²) in [4.78, 5) is 12.9. The van der Waals surface area contributed by atoms with Crippen LogP contribution in [0.25, 0.3) is 0 Å². The van der Waals surface area contributed by atoms with Gasteiger partial charge >= 0.3 is 0 Å². The van der Waals surface area contributed by atoms with Crippen LogP contribution in [0.2, 0.25) is 0 Å². The van der Waals surface area contributed by atoms with Gasteiger partial charge in [0.1, 0.15) is 0 Å². The molecule has 0 saturated heterocycles. The van der Waals surface area contributed by atoms with Crippen LogP contribution in [0.3, 0.4) is 0 Å². The van der Waals surface area contributed by atoms with E-state index in [0.29, 0.717) is 34.7 Å². The topological polar surface area (TPSA) is 73.6 Å². The van der Waals surface area contributed by atoms with Gasteiger partial charge in [-0.15, -0.1) is 0 Å². The lowest BCUT2D eigenvalue weighted by atomic mass is 9.51. The average Bonchev–Trinajstić information content (AvgIpc) is 2.93. The number of nitrogens with two attached hydrogens (primary N) is 1. The van der Waals surface area contributed by atoms with Crippen molar-refractivity contribution in [3.63, 3.8) is 0 Å². The Kier molecular flexibility index (Phi) is 2.82. The molecule has 1 aromatic carbocycles. The summed E-state index contributed by atoms with van der Waals surface area (Å²) in [7, 11) is 0. The van der Waals surface area contributed by atoms with Gasteiger partial charge in [0.15, 0.2) is 11.5 Å². The molecule has 1 aromatic rings. The first kappa shape index (κ1) is 13.5. The molecule has 5 nitrogen and oxygen atoms in total. The average molecular weight is 314 g/mol. The molecule has 4 saturated carbocycles. The minimum atomic E-state index is 0.143. The van der Waals surface area contributed by atoms with E-state index in [9.17, 15) is 4.79 Å². The van der Waals surface area contributed by atoms with Gasteiger partial charge in [-0.2, -0.15) is 0 Å². The fourth-order valence-corrected chi connectivity index (χ4v) is 5.64. The predicted octanol–water partition coefficient (Wildman–Crippen LogP) is 3.01. The van der Waals surface area contributed by atoms with Crippen molar-refractivity contribution < 1.29 is 14.3 Å². The quantitative estimate of drug-likeness (QED) is 0.823. The maximum Gasteiger partial charge on any atom is 0.231 e. The highest BCUT2D eigenvalue weighted by atomic mass is 16.7. The van der Waals surface area contributed by atoms with Gasteiger partial charge in [0.05, 0.1) is 11.4 Å². The van der Waals surface area contributed by atoms with Crippen LogP contribution in [0.5, 0.6) is 11.5 Å². The Morgan fingerprint density at radius 3 is 2.26 bits per heavy atom. The van der Waals surface area contributed by atoms with Gasteiger partial charge in [0.25, 0.3) is 0 Å². The van der Waals surface area contributed by atoms with Gasteiger partial charge in [-0.25, -0.2) is 0 Å². The number of anilines is 2. The van der Waals surface area contributed by atoms with Crippen LogP contribution in [-0.2, 0) is 4.79 Å². The van der Waals surface area contributed by atoms with Crippen LogP contribution in [0.4, 0.5) is 11.4 Å². The normalized spacial score (nSPS) is 36.3. The number of amides is 1. The third-order valence-electron chi connectivity index (χ3n) is 6.33. The van der Waals surface area contributed by atoms with Gasteiger partial charge in [-0.3, -0.25) is 4.79 Å². The smallest absolute Gasteiger partial charge is 0.231 e. The Morgan fingerprint density at radius 2 is 1.61 bits per heavy atom. The highest BCUT2D eigenvalue weighted by Gasteiger charge is 2.50. The lowest BCUT2D eigenvalue weighted by Gasteiger charge is -2.53. The number of benzene rings is 1. The van der Waals surface area contributed by atoms with E-state index in [1.54, 1.807) is 12.1 Å². The number of nitrogens with one attached hydrogen (secondary N) is 1. The molecule has 4 fully saturated rings. The molecule has 6 rings (SSSR count). The molecule has 0 radical (unpaired) electrons. The summed E-state index contributed by atoms with van der Waals surface area (Å²) in [5, 5.41) is 3.07. The largest absolute Gasteiger partial charge is 0.454 e. The zero-order valence-electron chi connectivity index (χ0n) is 13.1. The van der Waals surface area contributed by atoms with Crippen molar-refractivity contribution in [1.29, 1.82) is 0 Å². The lowest BCUT2D eigenvalue weighted by molar-refractivity contribution is -0.132. The van der Waals surface area contributed by atoms with Crippen molar-refractivity contribution in [3.05, 3.63) is 12.1 Å². The van der Waals surface area contributed by atoms with Crippen LogP contribution >= 0.6 is 0 Å². The molecule has 122 valence electrons. The predicted molar refractivity (Wildman–Crippen MR) is 86.1 cm³/mol. The molecular formula is C18H22N2O3. The van der Waals surface area contributed by atoms with E-state index < -0.39 is 0 Å². The molecule has 1 aliphatic heterocycles. The van der Waals surface area contributed by atoms with Crippen molar-refractivity contribution >= 4 is 17.3 Å². The number of hydrogen-bond donors (Lipinski definition) is 2. The molecule has 0 spiro atoms. The molecule has 4 bridgehead atoms. The van der Waals surface area contributed by atoms with E-state index in [1.807, 2.05) is 0 Å². The van der Waals surface area contributed by atoms with Crippen molar-refractivity contribution in [2.24, 2.45) is 29.6 Å². The number of carbonyl (C=O) groups is 1. The van der Waals surface area contributed by atoms with Gasteiger partial charge in [-0.1, -0.05) is 0 Å². The number of fused-ring (bicyclic) bond motifs is 1. The first-order valence-electron chi connectivity index (χ1n) is 8.67. The van der Waals surface area contributed by atoms with E-state index in [4.69, 9.17) is 15.2 Å². The fraction of sp³-hybridized carbons (Fsp3) is 0.611. The summed E-state index contributed by atoms with van der Waals surface area (Å²) >= 11 is 0. The molecule has 0 aromatic heterocycles. The zero-order chi connectivity index (χ0) is 15.6. The Morgan fingerprint density at radius 1 is 1.00 bits per heavy atom. The maximum absolute atomic E-state index is 12.9. The van der Waals surface area contributed by atoms with Crippen LogP contribution in [-0.4, -0.2) is 12.7 Å². The fourth-order valence-electron chi connectivity index (χ4n) is 5.64. The minimum absolute atomic E-state index is 0.143. The molecule has 0 unspecified atom stereocenters. The van der Waals surface area contributed by atoms with Gasteiger partial charge < -0.3 is 20.5 Å². The first-order chi connectivity index (χ1) is 11.2. The van der Waals surface area contributed by atoms with Crippen LogP contribution in [0.1, 0.15) is 32.1 Å². The second-order valence-electron chi connectivity index (χ2n) is 7.74. The first-order valence-corrected chi connectivity index (χ1v) is 8.67. The maximum atomic E-state index is 12.9. The molecular weight excluding hydrogens is 292 g/mol. The molecule has 0 atom stereocenters. The van der Waals surface area contributed by atoms with Crippen LogP contribution in [0.15, 0.2) is 12.1 Å². The number of nitrogen functional groups attached to an aromatic ring is 1. The summed E-state index contributed by atoms with van der Waals surface area (Å²) in [6.07, 6.45) is 6.35. The summed E-state index contributed by atoms with van der Waals surface area (Å²) in [5.41, 5.74) is 7.25. The third-order valence-corrected chi connectivity index (χ3v) is 6.33. The van der Waals surface area contributed by atoms with Crippen molar-refractivity contribution in [1.82, 2.24) is 0 Å². The van der Waals surface area contributed by atoms with E-state index >= 15 is 0 Å². The molecule has 4 aliphatic carbocycles. The summed E-state index contributed by atoms with van der Waals surface area (Å²) in [5.74, 6) is 4.49. The molecule has 1 amide bonds. The van der Waals surface area contributed by atoms with Crippen molar-refractivity contribution in [2.75, 3.05) is 17.8 Å². The van der Waals surface area contributed by atoms with E-state index in [-0.39, 0.29) is 18.6 Å². The van der Waals surface area contributed by atoms with E-state index in [1.165, 1.54) is 32.1 Å². The molecule has 23 heavy (non-hydrogen) atoms. The Hall–Kier alpha value is -1.91. The number of rotatable bonds is 2. The van der Waals surface area contributed by atoms with Gasteiger partial charge in [0.2, 0.25) is 12.7 Å². The SMILES string of the molecule is Nc1cc2c(cc1NC(=O)C1C3CC4CC(C3)CC1C4)OCO2. The highest BCUT2D eigenvalue weighted by molar-refractivity contribution is 5.96. The lowest BCUT2D eigenvalue weighted by Crippen LogP contribution is -2.49. The molecule has 5 heteroatoms. The summed E-state index contributed by atoms with van der Waals surface area (Å²) < 4.78 is 10.7. The summed E-state index contributed by atoms with van der Waals surface area (Å²) in [6, 6.07) is 3.51. The Labute approximate surface area is 135 Å². The number of carbonyl (C=O) groups excluding carboxylic acids is 1. The Balaban J connectivity index is 1.38. The number of hydrogen-bond acceptors (Lipinski definition) is 4. The molecule has 5 aliphatic rings. The molecule has 3 N–H and O–H groups in total. The van der Waals surface area contributed by atoms with Crippen molar-refractivity contribution in [2.45, 2.75) is 32.1 Å². The molecule has 1 heterocycles. The van der Waals surface area contributed by atoms with E-state index in [2.05, 4.69) is 5.32 Å². The monoisotopic (exact) mass is 314 g/mol. The van der Waals surface area contributed by atoms with Crippen LogP contribution < -0.4 is 20.5 Å². The van der Waals surface area contributed by atoms with E-state index in [0.717, 1.165) is 11.8 Å². The second-order valence-corrected chi connectivity index (χ2v) is 7.74. The zero-order valence-corrected chi connectivity index (χ0v) is 13.1. The standard InChI is InChI=1S/C18H22N2O3/c19-13-6-15-16(23-8-22-15)7-14(13)20-18(21)17-11-2-9-1-10(4-11)5-12(17)3-9/h6-7,9-12,17H,1-5,8,19H2,(H,20,21). The van der Waals surface area contributed by atoms with Gasteiger partial charge in [-0.05, 0) is 55.8 Å². The highest BCUT2D eigenvalue weighted by Crippen LogP contribution is 2.56. The van der Waals surface area contributed by atoms with Crippen LogP contribution in [0, 0.1) is 29.6 Å². The second kappa shape index (κ2) is 4.79. The summed E-state index contributed by atoms with van der Waals surface area (Å²) in [6.45, 7) is 0.210. The third kappa shape index (κ3) is 2.09.